The second-order valence-electron chi connectivity index (χ2n) is 6.62. The number of allylic oxidation sites excluding steroid dienone is 1. The van der Waals surface area contributed by atoms with Crippen molar-refractivity contribution in [2.45, 2.75) is 44.9 Å². The van der Waals surface area contributed by atoms with Gasteiger partial charge < -0.3 is 5.32 Å². The van der Waals surface area contributed by atoms with Crippen molar-refractivity contribution >= 4 is 21.6 Å². The number of nitrogens with one attached hydrogen (secondary N) is 1. The molecule has 0 aliphatic heterocycles. The molecule has 0 spiro atoms. The maximum Gasteiger partial charge on any atom is 0.232 e. The monoisotopic (exact) mass is 382 g/mol. The molecule has 0 aromatic heterocycles. The first-order valence-corrected chi connectivity index (χ1v) is 10.9. The fraction of sp³-hybridized carbons (Fsp3) is 0.526. The number of carbonyl (C=O) groups is 1. The zero-order valence-corrected chi connectivity index (χ0v) is 16.0. The van der Waals surface area contributed by atoms with E-state index >= 15 is 0 Å². The average molecular weight is 383 g/mol. The van der Waals surface area contributed by atoms with E-state index in [9.17, 15) is 17.6 Å². The minimum atomic E-state index is -3.49. The Hall–Kier alpha value is -1.89. The number of carbonyl (C=O) groups excluding carboxylic acids is 1. The third-order valence-corrected chi connectivity index (χ3v) is 5.63. The molecule has 0 heterocycles. The molecule has 0 radical (unpaired) electrons. The van der Waals surface area contributed by atoms with Crippen LogP contribution < -0.4 is 9.62 Å². The molecule has 1 aliphatic rings. The molecule has 1 amide bonds. The number of nitrogens with zero attached hydrogens (tertiary/aromatic N) is 1. The third-order valence-electron chi connectivity index (χ3n) is 4.43. The Labute approximate surface area is 155 Å². The Bertz CT molecular complexity index is 730. The molecule has 2 rings (SSSR count). The zero-order valence-electron chi connectivity index (χ0n) is 15.2. The molecule has 1 aliphatic carbocycles. The quantitative estimate of drug-likeness (QED) is 0.666. The van der Waals surface area contributed by atoms with Crippen molar-refractivity contribution in [3.8, 4) is 0 Å². The van der Waals surface area contributed by atoms with Crippen molar-refractivity contribution < 1.29 is 17.6 Å². The molecule has 1 aromatic carbocycles. The first-order valence-electron chi connectivity index (χ1n) is 9.04. The fourth-order valence-electron chi connectivity index (χ4n) is 3.06. The highest BCUT2D eigenvalue weighted by Gasteiger charge is 2.17. The van der Waals surface area contributed by atoms with Crippen molar-refractivity contribution in [1.29, 1.82) is 0 Å². The van der Waals surface area contributed by atoms with Gasteiger partial charge in [-0.2, -0.15) is 0 Å². The topological polar surface area (TPSA) is 66.5 Å². The van der Waals surface area contributed by atoms with Crippen molar-refractivity contribution in [3.63, 3.8) is 0 Å². The predicted octanol–water partition coefficient (Wildman–Crippen LogP) is 3.38. The number of anilines is 1. The van der Waals surface area contributed by atoms with Gasteiger partial charge in [0.05, 0.1) is 11.9 Å². The fourth-order valence-corrected chi connectivity index (χ4v) is 4.02. The zero-order chi connectivity index (χ0) is 19.0. The molecule has 144 valence electrons. The van der Waals surface area contributed by atoms with E-state index in [1.54, 1.807) is 0 Å². The predicted molar refractivity (Wildman–Crippen MR) is 102 cm³/mol. The summed E-state index contributed by atoms with van der Waals surface area (Å²) in [6.07, 6.45) is 9.65. The molecule has 0 saturated carbocycles. The Kier molecular flexibility index (Phi) is 7.63. The largest absolute Gasteiger partial charge is 0.356 e. The van der Waals surface area contributed by atoms with Crippen molar-refractivity contribution in [2.75, 3.05) is 23.7 Å². The van der Waals surface area contributed by atoms with E-state index in [1.165, 1.54) is 47.0 Å². The number of rotatable bonds is 9. The van der Waals surface area contributed by atoms with E-state index in [2.05, 4.69) is 11.4 Å². The van der Waals surface area contributed by atoms with E-state index in [-0.39, 0.29) is 18.9 Å². The van der Waals surface area contributed by atoms with Gasteiger partial charge in [-0.25, -0.2) is 12.8 Å². The van der Waals surface area contributed by atoms with Crippen LogP contribution in [-0.2, 0) is 14.8 Å². The number of amides is 1. The van der Waals surface area contributed by atoms with E-state index < -0.39 is 15.8 Å². The molecule has 0 saturated heterocycles. The lowest BCUT2D eigenvalue weighted by Gasteiger charge is -2.22. The highest BCUT2D eigenvalue weighted by Crippen LogP contribution is 2.20. The lowest BCUT2D eigenvalue weighted by Crippen LogP contribution is -2.32. The van der Waals surface area contributed by atoms with Gasteiger partial charge in [0.25, 0.3) is 0 Å². The number of sulfonamides is 1. The van der Waals surface area contributed by atoms with Gasteiger partial charge in [-0.15, -0.1) is 0 Å². The standard InChI is InChI=1S/C19H27FN2O3S/c1-26(24,25)22(18-11-9-17(20)10-12-18)15-5-8-19(23)21-14-13-16-6-3-2-4-7-16/h6,9-12H,2-5,7-8,13-15H2,1H3,(H,21,23). The molecule has 0 unspecified atom stereocenters. The number of hydrogen-bond donors (Lipinski definition) is 1. The molecule has 7 heteroatoms. The molecule has 1 N–H and O–H groups in total. The molecule has 26 heavy (non-hydrogen) atoms. The lowest BCUT2D eigenvalue weighted by molar-refractivity contribution is -0.121. The lowest BCUT2D eigenvalue weighted by atomic mass is 9.97. The maximum atomic E-state index is 13.0. The second kappa shape index (κ2) is 9.71. The molecule has 0 fully saturated rings. The van der Waals surface area contributed by atoms with Gasteiger partial charge in [-0.3, -0.25) is 9.10 Å². The van der Waals surface area contributed by atoms with Crippen molar-refractivity contribution in [3.05, 3.63) is 41.7 Å². The van der Waals surface area contributed by atoms with E-state index in [1.807, 2.05) is 0 Å². The van der Waals surface area contributed by atoms with Crippen LogP contribution in [0.25, 0.3) is 0 Å². The van der Waals surface area contributed by atoms with E-state index in [0.29, 0.717) is 18.7 Å². The van der Waals surface area contributed by atoms with Gasteiger partial charge >= 0.3 is 0 Å². The first-order chi connectivity index (χ1) is 12.4. The Morgan fingerprint density at radius 3 is 2.58 bits per heavy atom. The summed E-state index contributed by atoms with van der Waals surface area (Å²) in [4.78, 5) is 11.9. The van der Waals surface area contributed by atoms with Gasteiger partial charge in [0, 0.05) is 19.5 Å². The molecule has 0 bridgehead atoms. The molecule has 1 aromatic rings. The summed E-state index contributed by atoms with van der Waals surface area (Å²) >= 11 is 0. The molecule has 0 atom stereocenters. The maximum absolute atomic E-state index is 13.0. The van der Waals surface area contributed by atoms with Gasteiger partial charge in [0.2, 0.25) is 15.9 Å². The van der Waals surface area contributed by atoms with Crippen LogP contribution in [0.2, 0.25) is 0 Å². The van der Waals surface area contributed by atoms with Crippen LogP contribution in [0.3, 0.4) is 0 Å². The van der Waals surface area contributed by atoms with Crippen LogP contribution in [0.4, 0.5) is 10.1 Å². The van der Waals surface area contributed by atoms with Gasteiger partial charge in [-0.05, 0) is 62.8 Å². The summed E-state index contributed by atoms with van der Waals surface area (Å²) in [5.74, 6) is -0.497. The SMILES string of the molecule is CS(=O)(=O)N(CCCC(=O)NCCC1=CCCCC1)c1ccc(F)cc1. The molecular weight excluding hydrogens is 355 g/mol. The van der Waals surface area contributed by atoms with Gasteiger partial charge in [0.15, 0.2) is 0 Å². The third kappa shape index (κ3) is 6.78. The second-order valence-corrected chi connectivity index (χ2v) is 8.53. The van der Waals surface area contributed by atoms with Crippen molar-refractivity contribution in [2.24, 2.45) is 0 Å². The first kappa shape index (κ1) is 20.4. The Morgan fingerprint density at radius 1 is 1.23 bits per heavy atom. The van der Waals surface area contributed by atoms with Crippen LogP contribution in [0.5, 0.6) is 0 Å². The number of halogens is 1. The summed E-state index contributed by atoms with van der Waals surface area (Å²) in [6.45, 7) is 0.807. The molecule has 5 nitrogen and oxygen atoms in total. The summed E-state index contributed by atoms with van der Waals surface area (Å²) in [6, 6.07) is 5.29. The Morgan fingerprint density at radius 2 is 1.96 bits per heavy atom. The smallest absolute Gasteiger partial charge is 0.232 e. The minimum Gasteiger partial charge on any atom is -0.356 e. The summed E-state index contributed by atoms with van der Waals surface area (Å²) in [5.41, 5.74) is 1.81. The van der Waals surface area contributed by atoms with Crippen LogP contribution in [0.1, 0.15) is 44.9 Å². The van der Waals surface area contributed by atoms with E-state index in [4.69, 9.17) is 0 Å². The van der Waals surface area contributed by atoms with E-state index in [0.717, 1.165) is 25.5 Å². The highest BCUT2D eigenvalue weighted by atomic mass is 32.2. The Balaban J connectivity index is 1.77. The highest BCUT2D eigenvalue weighted by molar-refractivity contribution is 7.92. The summed E-state index contributed by atoms with van der Waals surface area (Å²) < 4.78 is 38.2. The van der Waals surface area contributed by atoms with Crippen LogP contribution in [0.15, 0.2) is 35.9 Å². The van der Waals surface area contributed by atoms with Gasteiger partial charge in [0.1, 0.15) is 5.82 Å². The van der Waals surface area contributed by atoms with Crippen LogP contribution >= 0.6 is 0 Å². The van der Waals surface area contributed by atoms with Crippen LogP contribution in [0, 0.1) is 5.82 Å². The normalized spacial score (nSPS) is 14.6. The van der Waals surface area contributed by atoms with Gasteiger partial charge in [-0.1, -0.05) is 11.6 Å². The average Bonchev–Trinajstić information content (AvgIpc) is 2.60. The minimum absolute atomic E-state index is 0.0750. The number of benzene rings is 1. The summed E-state index contributed by atoms with van der Waals surface area (Å²) in [5, 5.41) is 2.89. The van der Waals surface area contributed by atoms with Crippen LogP contribution in [-0.4, -0.2) is 33.7 Å². The summed E-state index contributed by atoms with van der Waals surface area (Å²) in [7, 11) is -3.49. The number of hydrogen-bond acceptors (Lipinski definition) is 3. The van der Waals surface area contributed by atoms with Crippen molar-refractivity contribution in [1.82, 2.24) is 5.32 Å². The molecular formula is C19H27FN2O3S.